The van der Waals surface area contributed by atoms with E-state index >= 15 is 0 Å². The highest BCUT2D eigenvalue weighted by molar-refractivity contribution is 5.91. The first-order valence-corrected chi connectivity index (χ1v) is 8.84. The summed E-state index contributed by atoms with van der Waals surface area (Å²) in [6.45, 7) is 3.56. The molecule has 3 aromatic rings. The minimum atomic E-state index is -0.361. The van der Waals surface area contributed by atoms with Gasteiger partial charge in [0.25, 0.3) is 0 Å². The summed E-state index contributed by atoms with van der Waals surface area (Å²) in [4.78, 5) is 27.3. The third-order valence-electron chi connectivity index (χ3n) is 3.81. The minimum Gasteiger partial charge on any atom is -0.462 e. The van der Waals surface area contributed by atoms with Gasteiger partial charge < -0.3 is 14.5 Å². The molecule has 0 radical (unpaired) electrons. The van der Waals surface area contributed by atoms with Crippen molar-refractivity contribution in [2.45, 2.75) is 13.8 Å². The maximum Gasteiger partial charge on any atom is 0.338 e. The van der Waals surface area contributed by atoms with E-state index in [1.165, 1.54) is 6.92 Å². The zero-order valence-corrected chi connectivity index (χ0v) is 15.6. The van der Waals surface area contributed by atoms with Crippen LogP contribution in [0.25, 0.3) is 11.3 Å². The molecule has 0 fully saturated rings. The highest BCUT2D eigenvalue weighted by Gasteiger charge is 2.10. The van der Waals surface area contributed by atoms with Gasteiger partial charge in [0, 0.05) is 18.2 Å². The van der Waals surface area contributed by atoms with Crippen LogP contribution in [0.1, 0.15) is 30.0 Å². The molecule has 3 rings (SSSR count). The standard InChI is InChI=1S/C22H20N2O4/c1-3-27-22(26)17-6-4-5-16(13-17)21-12-11-20(28-21)14-23-18-7-9-19(10-8-18)24-15(2)25/h4-14H,3H2,1-2H3,(H,24,25). The molecule has 0 saturated heterocycles. The van der Waals surface area contributed by atoms with Crippen molar-refractivity contribution in [2.75, 3.05) is 11.9 Å². The molecule has 0 bridgehead atoms. The maximum atomic E-state index is 11.9. The molecular formula is C22H20N2O4. The van der Waals surface area contributed by atoms with Crippen LogP contribution in [-0.2, 0) is 9.53 Å². The van der Waals surface area contributed by atoms with E-state index in [2.05, 4.69) is 10.3 Å². The number of hydrogen-bond donors (Lipinski definition) is 1. The second-order valence-electron chi connectivity index (χ2n) is 5.99. The topological polar surface area (TPSA) is 80.9 Å². The van der Waals surface area contributed by atoms with Crippen LogP contribution in [0.5, 0.6) is 0 Å². The molecule has 1 aromatic heterocycles. The number of rotatable bonds is 6. The van der Waals surface area contributed by atoms with Gasteiger partial charge in [-0.2, -0.15) is 0 Å². The molecule has 0 unspecified atom stereocenters. The molecule has 0 aliphatic heterocycles. The van der Waals surface area contributed by atoms with Crippen molar-refractivity contribution >= 4 is 29.5 Å². The van der Waals surface area contributed by atoms with Crippen LogP contribution in [0.3, 0.4) is 0 Å². The number of ether oxygens (including phenoxy) is 1. The van der Waals surface area contributed by atoms with E-state index in [4.69, 9.17) is 9.15 Å². The van der Waals surface area contributed by atoms with Crippen molar-refractivity contribution in [3.63, 3.8) is 0 Å². The van der Waals surface area contributed by atoms with Crippen molar-refractivity contribution in [2.24, 2.45) is 4.99 Å². The molecule has 1 heterocycles. The number of carbonyl (C=O) groups is 2. The van der Waals surface area contributed by atoms with E-state index in [9.17, 15) is 9.59 Å². The van der Waals surface area contributed by atoms with E-state index in [-0.39, 0.29) is 11.9 Å². The summed E-state index contributed by atoms with van der Waals surface area (Å²) in [6.07, 6.45) is 1.62. The average Bonchev–Trinajstić information content (AvgIpc) is 3.16. The summed E-state index contributed by atoms with van der Waals surface area (Å²) in [6, 6.07) is 17.9. The Bertz CT molecular complexity index is 1000. The fraction of sp³-hybridized carbons (Fsp3) is 0.136. The van der Waals surface area contributed by atoms with E-state index in [0.717, 1.165) is 11.3 Å². The number of anilines is 1. The summed E-state index contributed by atoms with van der Waals surface area (Å²) >= 11 is 0. The lowest BCUT2D eigenvalue weighted by Crippen LogP contribution is -2.04. The number of nitrogens with zero attached hydrogens (tertiary/aromatic N) is 1. The van der Waals surface area contributed by atoms with Crippen LogP contribution in [-0.4, -0.2) is 24.7 Å². The first-order valence-electron chi connectivity index (χ1n) is 8.84. The highest BCUT2D eigenvalue weighted by atomic mass is 16.5. The minimum absolute atomic E-state index is 0.119. The Balaban J connectivity index is 1.72. The number of hydrogen-bond acceptors (Lipinski definition) is 5. The lowest BCUT2D eigenvalue weighted by atomic mass is 10.1. The van der Waals surface area contributed by atoms with Crippen molar-refractivity contribution in [1.82, 2.24) is 0 Å². The Morgan fingerprint density at radius 1 is 1.11 bits per heavy atom. The SMILES string of the molecule is CCOC(=O)c1cccc(-c2ccc(C=Nc3ccc(NC(C)=O)cc3)o2)c1. The van der Waals surface area contributed by atoms with Crippen molar-refractivity contribution in [3.05, 3.63) is 72.0 Å². The van der Waals surface area contributed by atoms with Crippen LogP contribution in [0.4, 0.5) is 11.4 Å². The lowest BCUT2D eigenvalue weighted by Gasteiger charge is -2.03. The Morgan fingerprint density at radius 2 is 1.89 bits per heavy atom. The predicted octanol–water partition coefficient (Wildman–Crippen LogP) is 4.83. The number of benzene rings is 2. The first-order chi connectivity index (χ1) is 13.5. The quantitative estimate of drug-likeness (QED) is 0.493. The van der Waals surface area contributed by atoms with Gasteiger partial charge >= 0.3 is 5.97 Å². The molecule has 28 heavy (non-hydrogen) atoms. The Hall–Kier alpha value is -3.67. The molecule has 0 spiro atoms. The van der Waals surface area contributed by atoms with Crippen LogP contribution in [0, 0.1) is 0 Å². The Morgan fingerprint density at radius 3 is 2.61 bits per heavy atom. The third kappa shape index (κ3) is 4.94. The first kappa shape index (κ1) is 19.1. The van der Waals surface area contributed by atoms with Crippen LogP contribution in [0.2, 0.25) is 0 Å². The van der Waals surface area contributed by atoms with Gasteiger partial charge in [-0.05, 0) is 55.5 Å². The number of furan rings is 1. The fourth-order valence-corrected chi connectivity index (χ4v) is 2.56. The molecular weight excluding hydrogens is 356 g/mol. The van der Waals surface area contributed by atoms with E-state index in [0.29, 0.717) is 29.4 Å². The van der Waals surface area contributed by atoms with Crippen LogP contribution in [0.15, 0.2) is 70.1 Å². The molecule has 2 aromatic carbocycles. The molecule has 0 aliphatic rings. The van der Waals surface area contributed by atoms with Gasteiger partial charge in [-0.3, -0.25) is 9.79 Å². The van der Waals surface area contributed by atoms with Gasteiger partial charge in [0.15, 0.2) is 0 Å². The highest BCUT2D eigenvalue weighted by Crippen LogP contribution is 2.23. The summed E-state index contributed by atoms with van der Waals surface area (Å²) in [5.41, 5.74) is 2.71. The number of amides is 1. The molecule has 0 saturated carbocycles. The van der Waals surface area contributed by atoms with Gasteiger partial charge in [-0.1, -0.05) is 12.1 Å². The molecule has 0 aliphatic carbocycles. The lowest BCUT2D eigenvalue weighted by molar-refractivity contribution is -0.114. The Kier molecular flexibility index (Phi) is 6.01. The molecule has 1 N–H and O–H groups in total. The molecule has 0 atom stereocenters. The van der Waals surface area contributed by atoms with Gasteiger partial charge in [0.2, 0.25) is 5.91 Å². The summed E-state index contributed by atoms with van der Waals surface area (Å²) < 4.78 is 10.8. The molecule has 6 nitrogen and oxygen atoms in total. The van der Waals surface area contributed by atoms with Crippen LogP contribution >= 0.6 is 0 Å². The number of esters is 1. The third-order valence-corrected chi connectivity index (χ3v) is 3.81. The second kappa shape index (κ2) is 8.81. The molecule has 1 amide bonds. The van der Waals surface area contributed by atoms with E-state index < -0.39 is 0 Å². The second-order valence-corrected chi connectivity index (χ2v) is 5.99. The van der Waals surface area contributed by atoms with Crippen LogP contribution < -0.4 is 5.32 Å². The van der Waals surface area contributed by atoms with Gasteiger partial charge in [-0.15, -0.1) is 0 Å². The Labute approximate surface area is 162 Å². The monoisotopic (exact) mass is 376 g/mol. The number of aliphatic imine (C=N–C) groups is 1. The number of nitrogens with one attached hydrogen (secondary N) is 1. The van der Waals surface area contributed by atoms with Crippen molar-refractivity contribution < 1.29 is 18.7 Å². The largest absolute Gasteiger partial charge is 0.462 e. The predicted molar refractivity (Wildman–Crippen MR) is 108 cm³/mol. The number of carbonyl (C=O) groups excluding carboxylic acids is 2. The fourth-order valence-electron chi connectivity index (χ4n) is 2.56. The summed E-state index contributed by atoms with van der Waals surface area (Å²) in [7, 11) is 0. The van der Waals surface area contributed by atoms with Gasteiger partial charge in [0.05, 0.1) is 24.1 Å². The molecule has 6 heteroatoms. The normalized spacial score (nSPS) is 10.8. The summed E-state index contributed by atoms with van der Waals surface area (Å²) in [5, 5.41) is 2.71. The van der Waals surface area contributed by atoms with Gasteiger partial charge in [0.1, 0.15) is 11.5 Å². The maximum absolute atomic E-state index is 11.9. The van der Waals surface area contributed by atoms with E-state index in [1.54, 1.807) is 55.6 Å². The average molecular weight is 376 g/mol. The summed E-state index contributed by atoms with van der Waals surface area (Å²) in [5.74, 6) is 0.739. The zero-order valence-electron chi connectivity index (χ0n) is 15.6. The van der Waals surface area contributed by atoms with Crippen molar-refractivity contribution in [3.8, 4) is 11.3 Å². The van der Waals surface area contributed by atoms with Crippen molar-refractivity contribution in [1.29, 1.82) is 0 Å². The van der Waals surface area contributed by atoms with Gasteiger partial charge in [-0.25, -0.2) is 4.79 Å². The van der Waals surface area contributed by atoms with E-state index in [1.807, 2.05) is 18.2 Å². The molecule has 142 valence electrons. The zero-order chi connectivity index (χ0) is 19.9. The smallest absolute Gasteiger partial charge is 0.338 e.